The smallest absolute Gasteiger partial charge is 0.417 e. The number of esters is 1. The third-order valence-electron chi connectivity index (χ3n) is 1.94. The maximum Gasteiger partial charge on any atom is 0.417 e. The zero-order chi connectivity index (χ0) is 12.3. The summed E-state index contributed by atoms with van der Waals surface area (Å²) in [5.41, 5.74) is -2.99. The van der Waals surface area contributed by atoms with Gasteiger partial charge in [-0.05, 0) is 12.3 Å². The Bertz CT molecular complexity index is 225. The van der Waals surface area contributed by atoms with E-state index in [9.17, 15) is 23.1 Å². The van der Waals surface area contributed by atoms with Crippen molar-refractivity contribution in [2.45, 2.75) is 38.5 Å². The summed E-state index contributed by atoms with van der Waals surface area (Å²) in [6.45, 7) is 3.07. The first-order valence-corrected chi connectivity index (χ1v) is 4.48. The van der Waals surface area contributed by atoms with E-state index in [1.807, 2.05) is 0 Å². The molecular formula is C9H15F3O3. The molecule has 0 saturated carbocycles. The summed E-state index contributed by atoms with van der Waals surface area (Å²) in [5.74, 6) is -1.45. The molecule has 90 valence electrons. The Morgan fingerprint density at radius 3 is 2.13 bits per heavy atom. The fraction of sp³-hybridized carbons (Fsp3) is 0.889. The van der Waals surface area contributed by atoms with Crippen LogP contribution in [0, 0.1) is 5.92 Å². The van der Waals surface area contributed by atoms with Crippen LogP contribution in [0.3, 0.4) is 0 Å². The lowest BCUT2D eigenvalue weighted by molar-refractivity contribution is -0.267. The van der Waals surface area contributed by atoms with Gasteiger partial charge in [-0.1, -0.05) is 13.8 Å². The number of carbonyl (C=O) groups excluding carboxylic acids is 1. The normalized spacial score (nSPS) is 16.3. The SMILES string of the molecule is COC(=O)CC(O)(CC(C)C)C(F)(F)F. The Hall–Kier alpha value is -0.780. The van der Waals surface area contributed by atoms with Crippen LogP contribution in [0.25, 0.3) is 0 Å². The van der Waals surface area contributed by atoms with Gasteiger partial charge in [0.2, 0.25) is 0 Å². The molecule has 0 aromatic heterocycles. The van der Waals surface area contributed by atoms with Crippen molar-refractivity contribution in [3.8, 4) is 0 Å². The molecule has 0 heterocycles. The average Bonchev–Trinajstić information content (AvgIpc) is 2.00. The van der Waals surface area contributed by atoms with Crippen molar-refractivity contribution in [1.82, 2.24) is 0 Å². The standard InChI is InChI=1S/C9H15F3O3/c1-6(2)4-8(14,9(10,11)12)5-7(13)15-3/h6,14H,4-5H2,1-3H3. The number of hydrogen-bond acceptors (Lipinski definition) is 3. The molecule has 0 spiro atoms. The summed E-state index contributed by atoms with van der Waals surface area (Å²) in [6, 6.07) is 0. The van der Waals surface area contributed by atoms with Crippen molar-refractivity contribution in [1.29, 1.82) is 0 Å². The Balaban J connectivity index is 4.78. The number of aliphatic hydroxyl groups is 1. The molecule has 0 rings (SSSR count). The van der Waals surface area contributed by atoms with Gasteiger partial charge in [0.25, 0.3) is 0 Å². The molecule has 0 fully saturated rings. The van der Waals surface area contributed by atoms with Crippen LogP contribution < -0.4 is 0 Å². The molecule has 0 aromatic carbocycles. The van der Waals surface area contributed by atoms with Crippen molar-refractivity contribution < 1.29 is 27.8 Å². The zero-order valence-electron chi connectivity index (χ0n) is 8.89. The molecule has 1 unspecified atom stereocenters. The van der Waals surface area contributed by atoms with E-state index in [4.69, 9.17) is 0 Å². The zero-order valence-corrected chi connectivity index (χ0v) is 8.89. The summed E-state index contributed by atoms with van der Waals surface area (Å²) >= 11 is 0. The van der Waals surface area contributed by atoms with Crippen LogP contribution in [-0.2, 0) is 9.53 Å². The van der Waals surface area contributed by atoms with Crippen molar-refractivity contribution in [2.24, 2.45) is 5.92 Å². The predicted molar refractivity (Wildman–Crippen MR) is 47.1 cm³/mol. The Labute approximate surface area is 86.2 Å². The van der Waals surface area contributed by atoms with Gasteiger partial charge in [0, 0.05) is 0 Å². The highest BCUT2D eigenvalue weighted by Gasteiger charge is 2.54. The maximum absolute atomic E-state index is 12.5. The van der Waals surface area contributed by atoms with Gasteiger partial charge in [-0.15, -0.1) is 0 Å². The lowest BCUT2D eigenvalue weighted by atomic mass is 9.89. The lowest BCUT2D eigenvalue weighted by Gasteiger charge is -2.30. The number of halogens is 3. The van der Waals surface area contributed by atoms with E-state index in [0.29, 0.717) is 0 Å². The van der Waals surface area contributed by atoms with E-state index in [1.165, 1.54) is 13.8 Å². The first kappa shape index (κ1) is 14.2. The Kier molecular flexibility index (Phi) is 4.58. The molecule has 0 radical (unpaired) electrons. The molecule has 1 N–H and O–H groups in total. The Morgan fingerprint density at radius 1 is 1.40 bits per heavy atom. The van der Waals surface area contributed by atoms with Gasteiger partial charge >= 0.3 is 12.1 Å². The maximum atomic E-state index is 12.5. The average molecular weight is 228 g/mol. The molecular weight excluding hydrogens is 213 g/mol. The first-order valence-electron chi connectivity index (χ1n) is 4.48. The minimum absolute atomic E-state index is 0.374. The quantitative estimate of drug-likeness (QED) is 0.747. The summed E-state index contributed by atoms with van der Waals surface area (Å²) in [7, 11) is 0.981. The lowest BCUT2D eigenvalue weighted by Crippen LogP contribution is -2.48. The highest BCUT2D eigenvalue weighted by atomic mass is 19.4. The number of methoxy groups -OCH3 is 1. The fourth-order valence-corrected chi connectivity index (χ4v) is 1.27. The Morgan fingerprint density at radius 2 is 1.87 bits per heavy atom. The number of rotatable bonds is 4. The third kappa shape index (κ3) is 4.07. The molecule has 0 aliphatic heterocycles. The van der Waals surface area contributed by atoms with Crippen LogP contribution in [0.5, 0.6) is 0 Å². The largest absolute Gasteiger partial charge is 0.469 e. The third-order valence-corrected chi connectivity index (χ3v) is 1.94. The minimum atomic E-state index is -4.83. The van der Waals surface area contributed by atoms with Gasteiger partial charge in [-0.25, -0.2) is 0 Å². The molecule has 0 aromatic rings. The van der Waals surface area contributed by atoms with E-state index < -0.39 is 30.6 Å². The first-order chi connectivity index (χ1) is 6.62. The minimum Gasteiger partial charge on any atom is -0.469 e. The van der Waals surface area contributed by atoms with Gasteiger partial charge in [0.15, 0.2) is 5.60 Å². The van der Waals surface area contributed by atoms with Crippen LogP contribution in [0.1, 0.15) is 26.7 Å². The molecule has 15 heavy (non-hydrogen) atoms. The van der Waals surface area contributed by atoms with Gasteiger partial charge in [-0.3, -0.25) is 4.79 Å². The van der Waals surface area contributed by atoms with E-state index in [-0.39, 0.29) is 5.92 Å². The summed E-state index contributed by atoms with van der Waals surface area (Å²) in [6.07, 6.45) is -6.41. The summed E-state index contributed by atoms with van der Waals surface area (Å²) in [4.78, 5) is 10.8. The fourth-order valence-electron chi connectivity index (χ4n) is 1.27. The molecule has 1 atom stereocenters. The monoisotopic (exact) mass is 228 g/mol. The van der Waals surface area contributed by atoms with Crippen molar-refractivity contribution in [3.05, 3.63) is 0 Å². The molecule has 3 nitrogen and oxygen atoms in total. The molecule has 0 bridgehead atoms. The number of carbonyl (C=O) groups is 1. The second-order valence-electron chi connectivity index (χ2n) is 3.88. The molecule has 0 aliphatic rings. The number of alkyl halides is 3. The van der Waals surface area contributed by atoms with Gasteiger partial charge in [-0.2, -0.15) is 13.2 Å². The van der Waals surface area contributed by atoms with E-state index in [2.05, 4.69) is 4.74 Å². The van der Waals surface area contributed by atoms with Crippen LogP contribution in [0.2, 0.25) is 0 Å². The second-order valence-corrected chi connectivity index (χ2v) is 3.88. The highest BCUT2D eigenvalue weighted by Crippen LogP contribution is 2.38. The van der Waals surface area contributed by atoms with Crippen LogP contribution in [0.15, 0.2) is 0 Å². The number of hydrogen-bond donors (Lipinski definition) is 1. The molecule has 0 amide bonds. The summed E-state index contributed by atoms with van der Waals surface area (Å²) < 4.78 is 41.6. The predicted octanol–water partition coefficient (Wildman–Crippen LogP) is 1.89. The van der Waals surface area contributed by atoms with E-state index in [0.717, 1.165) is 7.11 Å². The number of ether oxygens (including phenoxy) is 1. The van der Waals surface area contributed by atoms with Crippen molar-refractivity contribution in [2.75, 3.05) is 7.11 Å². The van der Waals surface area contributed by atoms with Gasteiger partial charge in [0.1, 0.15) is 0 Å². The van der Waals surface area contributed by atoms with Crippen molar-refractivity contribution in [3.63, 3.8) is 0 Å². The van der Waals surface area contributed by atoms with Crippen LogP contribution >= 0.6 is 0 Å². The van der Waals surface area contributed by atoms with Crippen LogP contribution in [0.4, 0.5) is 13.2 Å². The van der Waals surface area contributed by atoms with E-state index >= 15 is 0 Å². The van der Waals surface area contributed by atoms with Crippen LogP contribution in [-0.4, -0.2) is 30.0 Å². The van der Waals surface area contributed by atoms with Gasteiger partial charge in [0.05, 0.1) is 13.5 Å². The van der Waals surface area contributed by atoms with E-state index in [1.54, 1.807) is 0 Å². The highest BCUT2D eigenvalue weighted by molar-refractivity contribution is 5.70. The van der Waals surface area contributed by atoms with Gasteiger partial charge < -0.3 is 9.84 Å². The summed E-state index contributed by atoms with van der Waals surface area (Å²) in [5, 5.41) is 9.39. The topological polar surface area (TPSA) is 46.5 Å². The second kappa shape index (κ2) is 4.83. The van der Waals surface area contributed by atoms with Crippen molar-refractivity contribution >= 4 is 5.97 Å². The molecule has 0 aliphatic carbocycles. The molecule has 0 saturated heterocycles. The molecule has 6 heteroatoms.